The number of nitrogens with zero attached hydrogens (tertiary/aromatic N) is 4. The largest absolute Gasteiger partial charge is 0.476 e. The zero-order valence-corrected chi connectivity index (χ0v) is 16.6. The van der Waals surface area contributed by atoms with Gasteiger partial charge in [0.1, 0.15) is 5.82 Å². The van der Waals surface area contributed by atoms with Crippen molar-refractivity contribution in [2.45, 2.75) is 46.6 Å². The predicted molar refractivity (Wildman–Crippen MR) is 108 cm³/mol. The van der Waals surface area contributed by atoms with E-state index in [9.17, 15) is 9.90 Å². The van der Waals surface area contributed by atoms with Gasteiger partial charge < -0.3 is 5.11 Å². The molecular formula is C22H26N4O2. The van der Waals surface area contributed by atoms with Crippen LogP contribution in [0.25, 0.3) is 11.1 Å². The van der Waals surface area contributed by atoms with Gasteiger partial charge in [0.15, 0.2) is 11.5 Å². The van der Waals surface area contributed by atoms with E-state index in [1.54, 1.807) is 12.1 Å². The lowest BCUT2D eigenvalue weighted by Gasteiger charge is -2.07. The van der Waals surface area contributed by atoms with Crippen molar-refractivity contribution in [2.75, 3.05) is 0 Å². The minimum atomic E-state index is -1.02. The Balaban J connectivity index is 1.83. The SMILES string of the molecule is CCCn1nc(CC(C)C)nc1Cc1ccc(-c2cccnc2C(=O)O)cc1. The Hall–Kier alpha value is -3.02. The van der Waals surface area contributed by atoms with E-state index >= 15 is 0 Å². The summed E-state index contributed by atoms with van der Waals surface area (Å²) in [7, 11) is 0. The lowest BCUT2D eigenvalue weighted by Crippen LogP contribution is -2.06. The molecule has 6 nitrogen and oxygen atoms in total. The van der Waals surface area contributed by atoms with Gasteiger partial charge in [0, 0.05) is 31.1 Å². The lowest BCUT2D eigenvalue weighted by atomic mass is 10.0. The monoisotopic (exact) mass is 378 g/mol. The Bertz CT molecular complexity index is 945. The van der Waals surface area contributed by atoms with Gasteiger partial charge in [0.25, 0.3) is 0 Å². The van der Waals surface area contributed by atoms with Gasteiger partial charge in [-0.15, -0.1) is 0 Å². The summed E-state index contributed by atoms with van der Waals surface area (Å²) < 4.78 is 2.01. The fraction of sp³-hybridized carbons (Fsp3) is 0.364. The van der Waals surface area contributed by atoms with Crippen molar-refractivity contribution in [3.8, 4) is 11.1 Å². The molecule has 0 aliphatic heterocycles. The molecule has 1 N–H and O–H groups in total. The van der Waals surface area contributed by atoms with E-state index < -0.39 is 5.97 Å². The zero-order chi connectivity index (χ0) is 20.1. The molecule has 0 unspecified atom stereocenters. The Labute approximate surface area is 165 Å². The van der Waals surface area contributed by atoms with Crippen LogP contribution in [0, 0.1) is 5.92 Å². The number of pyridine rings is 1. The smallest absolute Gasteiger partial charge is 0.355 e. The van der Waals surface area contributed by atoms with Crippen molar-refractivity contribution in [2.24, 2.45) is 5.92 Å². The molecule has 0 aliphatic rings. The number of aryl methyl sites for hydroxylation is 1. The van der Waals surface area contributed by atoms with Crippen LogP contribution >= 0.6 is 0 Å². The van der Waals surface area contributed by atoms with Crippen LogP contribution < -0.4 is 0 Å². The number of carboxylic acid groups (broad SMARTS) is 1. The highest BCUT2D eigenvalue weighted by Gasteiger charge is 2.14. The molecule has 6 heteroatoms. The van der Waals surface area contributed by atoms with E-state index in [-0.39, 0.29) is 5.69 Å². The Kier molecular flexibility index (Phi) is 6.19. The van der Waals surface area contributed by atoms with E-state index in [4.69, 9.17) is 4.98 Å². The third-order valence-corrected chi connectivity index (χ3v) is 4.46. The van der Waals surface area contributed by atoms with Gasteiger partial charge in [0.2, 0.25) is 0 Å². The van der Waals surface area contributed by atoms with E-state index in [2.05, 4.69) is 30.9 Å². The minimum absolute atomic E-state index is 0.0660. The number of carbonyl (C=O) groups is 1. The van der Waals surface area contributed by atoms with E-state index in [0.29, 0.717) is 17.9 Å². The van der Waals surface area contributed by atoms with Crippen molar-refractivity contribution in [1.29, 1.82) is 0 Å². The Morgan fingerprint density at radius 3 is 2.57 bits per heavy atom. The second-order valence-electron chi connectivity index (χ2n) is 7.34. The number of carboxylic acids is 1. The molecule has 0 amide bonds. The van der Waals surface area contributed by atoms with Crippen molar-refractivity contribution >= 4 is 5.97 Å². The van der Waals surface area contributed by atoms with Crippen LogP contribution in [0.3, 0.4) is 0 Å². The van der Waals surface area contributed by atoms with Crippen LogP contribution in [-0.4, -0.2) is 30.8 Å². The molecule has 28 heavy (non-hydrogen) atoms. The average Bonchev–Trinajstić information content (AvgIpc) is 3.03. The van der Waals surface area contributed by atoms with Crippen molar-refractivity contribution in [1.82, 2.24) is 19.7 Å². The first kappa shape index (κ1) is 19.7. The van der Waals surface area contributed by atoms with Gasteiger partial charge >= 0.3 is 5.97 Å². The average molecular weight is 378 g/mol. The van der Waals surface area contributed by atoms with Crippen molar-refractivity contribution in [3.63, 3.8) is 0 Å². The van der Waals surface area contributed by atoms with E-state index in [1.807, 2.05) is 28.9 Å². The summed E-state index contributed by atoms with van der Waals surface area (Å²) in [6, 6.07) is 11.4. The first-order valence-electron chi connectivity index (χ1n) is 9.68. The molecular weight excluding hydrogens is 352 g/mol. The fourth-order valence-corrected chi connectivity index (χ4v) is 3.19. The summed E-state index contributed by atoms with van der Waals surface area (Å²) >= 11 is 0. The highest BCUT2D eigenvalue weighted by atomic mass is 16.4. The Morgan fingerprint density at radius 1 is 1.18 bits per heavy atom. The molecule has 146 valence electrons. The van der Waals surface area contributed by atoms with Gasteiger partial charge in [-0.1, -0.05) is 51.1 Å². The minimum Gasteiger partial charge on any atom is -0.476 e. The number of benzene rings is 1. The number of aromatic nitrogens is 4. The topological polar surface area (TPSA) is 80.9 Å². The number of rotatable bonds is 8. The van der Waals surface area contributed by atoms with Gasteiger partial charge in [0.05, 0.1) is 0 Å². The first-order valence-corrected chi connectivity index (χ1v) is 9.68. The maximum absolute atomic E-state index is 11.4. The third kappa shape index (κ3) is 4.63. The maximum Gasteiger partial charge on any atom is 0.355 e. The number of hydrogen-bond acceptors (Lipinski definition) is 4. The van der Waals surface area contributed by atoms with Crippen LogP contribution in [0.1, 0.15) is 54.9 Å². The molecule has 0 aliphatic carbocycles. The van der Waals surface area contributed by atoms with Gasteiger partial charge in [-0.05, 0) is 29.5 Å². The summed E-state index contributed by atoms with van der Waals surface area (Å²) in [5, 5.41) is 14.0. The van der Waals surface area contributed by atoms with Crippen LogP contribution in [-0.2, 0) is 19.4 Å². The highest BCUT2D eigenvalue weighted by Crippen LogP contribution is 2.23. The molecule has 0 bridgehead atoms. The summed E-state index contributed by atoms with van der Waals surface area (Å²) in [5.41, 5.74) is 2.64. The van der Waals surface area contributed by atoms with Crippen LogP contribution in [0.4, 0.5) is 0 Å². The van der Waals surface area contributed by atoms with E-state index in [0.717, 1.165) is 42.2 Å². The standard InChI is InChI=1S/C22H26N4O2/c1-4-12-26-20(24-19(25-26)13-15(2)3)14-16-7-9-17(10-8-16)18-6-5-11-23-21(18)22(27)28/h5-11,15H,4,12-14H2,1-3H3,(H,27,28). The van der Waals surface area contributed by atoms with Crippen LogP contribution in [0.15, 0.2) is 42.6 Å². The molecule has 3 aromatic rings. The normalized spacial score (nSPS) is 11.1. The molecule has 0 atom stereocenters. The molecule has 1 aromatic carbocycles. The fourth-order valence-electron chi connectivity index (χ4n) is 3.19. The summed E-state index contributed by atoms with van der Waals surface area (Å²) in [4.78, 5) is 20.1. The maximum atomic E-state index is 11.4. The van der Waals surface area contributed by atoms with E-state index in [1.165, 1.54) is 6.20 Å². The van der Waals surface area contributed by atoms with Gasteiger partial charge in [-0.3, -0.25) is 0 Å². The molecule has 0 saturated carbocycles. The second-order valence-corrected chi connectivity index (χ2v) is 7.34. The molecule has 2 heterocycles. The molecule has 0 saturated heterocycles. The number of hydrogen-bond donors (Lipinski definition) is 1. The van der Waals surface area contributed by atoms with Crippen LogP contribution in [0.2, 0.25) is 0 Å². The quantitative estimate of drug-likeness (QED) is 0.634. The van der Waals surface area contributed by atoms with Crippen LogP contribution in [0.5, 0.6) is 0 Å². The van der Waals surface area contributed by atoms with Gasteiger partial charge in [-0.25, -0.2) is 19.4 Å². The summed E-state index contributed by atoms with van der Waals surface area (Å²) in [6.07, 6.45) is 4.08. The summed E-state index contributed by atoms with van der Waals surface area (Å²) in [5.74, 6) is 1.37. The summed E-state index contributed by atoms with van der Waals surface area (Å²) in [6.45, 7) is 7.33. The van der Waals surface area contributed by atoms with Crippen molar-refractivity contribution < 1.29 is 9.90 Å². The highest BCUT2D eigenvalue weighted by molar-refractivity contribution is 5.93. The number of aromatic carboxylic acids is 1. The molecule has 3 rings (SSSR count). The first-order chi connectivity index (χ1) is 13.5. The lowest BCUT2D eigenvalue weighted by molar-refractivity contribution is 0.0691. The molecule has 2 aromatic heterocycles. The second kappa shape index (κ2) is 8.78. The van der Waals surface area contributed by atoms with Crippen molar-refractivity contribution in [3.05, 3.63) is 65.5 Å². The molecule has 0 fully saturated rings. The van der Waals surface area contributed by atoms with Gasteiger partial charge in [-0.2, -0.15) is 5.10 Å². The predicted octanol–water partition coefficient (Wildman–Crippen LogP) is 4.24. The molecule has 0 radical (unpaired) electrons. The zero-order valence-electron chi connectivity index (χ0n) is 16.6. The molecule has 0 spiro atoms. The third-order valence-electron chi connectivity index (χ3n) is 4.46. The Morgan fingerprint density at radius 2 is 1.93 bits per heavy atom.